The Bertz CT molecular complexity index is 1440. The van der Waals surface area contributed by atoms with Crippen LogP contribution in [0.1, 0.15) is 53.3 Å². The average Bonchev–Trinajstić information content (AvgIpc) is 3.65. The van der Waals surface area contributed by atoms with Crippen LogP contribution in [0.15, 0.2) is 77.4 Å². The van der Waals surface area contributed by atoms with E-state index in [0.717, 1.165) is 35.0 Å². The van der Waals surface area contributed by atoms with E-state index in [1.165, 1.54) is 0 Å². The molecular weight excluding hydrogens is 523 g/mol. The van der Waals surface area contributed by atoms with Gasteiger partial charge in [-0.2, -0.15) is 18.3 Å². The predicted molar refractivity (Wildman–Crippen MR) is 141 cm³/mol. The lowest BCUT2D eigenvalue weighted by Crippen LogP contribution is -2.38. The molecular formula is C29H28F3N5O3. The molecule has 208 valence electrons. The molecule has 1 aliphatic rings. The van der Waals surface area contributed by atoms with E-state index >= 15 is 0 Å². The minimum absolute atomic E-state index is 0.0503. The molecule has 0 saturated carbocycles. The lowest BCUT2D eigenvalue weighted by molar-refractivity contribution is -0.141. The first-order valence-corrected chi connectivity index (χ1v) is 13.1. The van der Waals surface area contributed by atoms with Crippen molar-refractivity contribution < 1.29 is 27.3 Å². The van der Waals surface area contributed by atoms with Gasteiger partial charge in [0.05, 0.1) is 16.9 Å². The fourth-order valence-electron chi connectivity index (χ4n) is 4.80. The summed E-state index contributed by atoms with van der Waals surface area (Å²) in [6.07, 6.45) is -1.71. The molecule has 2 amide bonds. The number of hydrogen-bond acceptors (Lipinski definition) is 5. The summed E-state index contributed by atoms with van der Waals surface area (Å²) < 4.78 is 47.2. The van der Waals surface area contributed by atoms with Crippen LogP contribution < -0.4 is 5.32 Å². The number of piperidine rings is 1. The summed E-state index contributed by atoms with van der Waals surface area (Å²) in [7, 11) is 0. The van der Waals surface area contributed by atoms with E-state index in [2.05, 4.69) is 15.6 Å². The van der Waals surface area contributed by atoms with Gasteiger partial charge in [-0.3, -0.25) is 9.59 Å². The Morgan fingerprint density at radius 3 is 2.35 bits per heavy atom. The van der Waals surface area contributed by atoms with Crippen LogP contribution in [0.4, 0.5) is 13.2 Å². The van der Waals surface area contributed by atoms with Crippen molar-refractivity contribution in [2.75, 3.05) is 19.6 Å². The first-order valence-electron chi connectivity index (χ1n) is 13.1. The first kappa shape index (κ1) is 27.2. The zero-order valence-electron chi connectivity index (χ0n) is 21.6. The van der Waals surface area contributed by atoms with E-state index in [9.17, 15) is 22.8 Å². The number of carbonyl (C=O) groups excluding carboxylic acids is 2. The van der Waals surface area contributed by atoms with Crippen LogP contribution in [0, 0.1) is 0 Å². The maximum absolute atomic E-state index is 13.5. The Kier molecular flexibility index (Phi) is 7.99. The molecule has 0 spiro atoms. The van der Waals surface area contributed by atoms with Gasteiger partial charge in [-0.1, -0.05) is 53.7 Å². The number of nitrogens with zero attached hydrogens (tertiary/aromatic N) is 4. The number of aromatic nitrogens is 3. The Morgan fingerprint density at radius 2 is 1.68 bits per heavy atom. The molecule has 2 aromatic heterocycles. The van der Waals surface area contributed by atoms with E-state index in [1.54, 1.807) is 35.2 Å². The van der Waals surface area contributed by atoms with Crippen LogP contribution >= 0.6 is 0 Å². The normalized spacial score (nSPS) is 14.3. The van der Waals surface area contributed by atoms with E-state index in [4.69, 9.17) is 4.52 Å². The molecule has 1 saturated heterocycles. The van der Waals surface area contributed by atoms with Crippen LogP contribution in [0.5, 0.6) is 0 Å². The van der Waals surface area contributed by atoms with Crippen molar-refractivity contribution >= 4 is 11.8 Å². The highest BCUT2D eigenvalue weighted by Crippen LogP contribution is 2.32. The molecule has 0 aliphatic carbocycles. The van der Waals surface area contributed by atoms with Crippen LogP contribution in [0.3, 0.4) is 0 Å². The van der Waals surface area contributed by atoms with Gasteiger partial charge < -0.3 is 14.7 Å². The molecule has 5 rings (SSSR count). The Morgan fingerprint density at radius 1 is 1.00 bits per heavy atom. The number of benzene rings is 2. The lowest BCUT2D eigenvalue weighted by Gasteiger charge is -2.31. The highest BCUT2D eigenvalue weighted by Gasteiger charge is 2.39. The van der Waals surface area contributed by atoms with Gasteiger partial charge in [-0.15, -0.1) is 0 Å². The topological polar surface area (TPSA) is 93.3 Å². The van der Waals surface area contributed by atoms with Crippen LogP contribution in [-0.4, -0.2) is 51.3 Å². The number of rotatable bonds is 8. The molecule has 0 bridgehead atoms. The monoisotopic (exact) mass is 551 g/mol. The van der Waals surface area contributed by atoms with Gasteiger partial charge in [0.15, 0.2) is 11.5 Å². The lowest BCUT2D eigenvalue weighted by atomic mass is 9.93. The van der Waals surface area contributed by atoms with E-state index < -0.39 is 23.3 Å². The highest BCUT2D eigenvalue weighted by molar-refractivity contribution is 5.95. The van der Waals surface area contributed by atoms with Gasteiger partial charge in [0.2, 0.25) is 5.91 Å². The minimum Gasteiger partial charge on any atom is -0.356 e. The largest absolute Gasteiger partial charge is 0.435 e. The highest BCUT2D eigenvalue weighted by atomic mass is 19.4. The number of nitrogens with one attached hydrogen (secondary N) is 1. The number of amides is 2. The van der Waals surface area contributed by atoms with E-state index in [0.29, 0.717) is 31.0 Å². The fraction of sp³-hybridized carbons (Fsp3) is 0.310. The van der Waals surface area contributed by atoms with Gasteiger partial charge in [-0.05, 0) is 31.4 Å². The third-order valence-corrected chi connectivity index (χ3v) is 6.95. The van der Waals surface area contributed by atoms with Crippen molar-refractivity contribution in [1.29, 1.82) is 0 Å². The predicted octanol–water partition coefficient (Wildman–Crippen LogP) is 5.46. The average molecular weight is 552 g/mol. The van der Waals surface area contributed by atoms with E-state index in [-0.39, 0.29) is 24.8 Å². The van der Waals surface area contributed by atoms with Gasteiger partial charge in [0.25, 0.3) is 5.91 Å². The molecule has 0 unspecified atom stereocenters. The molecule has 4 aromatic rings. The molecule has 40 heavy (non-hydrogen) atoms. The second kappa shape index (κ2) is 11.8. The van der Waals surface area contributed by atoms with Crippen molar-refractivity contribution in [2.45, 2.75) is 37.8 Å². The second-order valence-electron chi connectivity index (χ2n) is 9.67. The van der Waals surface area contributed by atoms with Crippen molar-refractivity contribution in [3.8, 4) is 17.0 Å². The van der Waals surface area contributed by atoms with Crippen LogP contribution in [-0.2, 0) is 11.0 Å². The first-order chi connectivity index (χ1) is 19.3. The quantitative estimate of drug-likeness (QED) is 0.294. The zero-order chi connectivity index (χ0) is 28.1. The summed E-state index contributed by atoms with van der Waals surface area (Å²) >= 11 is 0. The van der Waals surface area contributed by atoms with Crippen LogP contribution in [0.25, 0.3) is 17.0 Å². The van der Waals surface area contributed by atoms with Gasteiger partial charge in [0, 0.05) is 49.8 Å². The maximum Gasteiger partial charge on any atom is 0.435 e. The molecule has 11 heteroatoms. The molecule has 3 heterocycles. The van der Waals surface area contributed by atoms with Gasteiger partial charge in [-0.25, -0.2) is 4.68 Å². The van der Waals surface area contributed by atoms with E-state index in [1.807, 2.05) is 36.4 Å². The number of alkyl halides is 3. The maximum atomic E-state index is 13.5. The summed E-state index contributed by atoms with van der Waals surface area (Å²) in [5.74, 6) is -0.0222. The van der Waals surface area contributed by atoms with Crippen molar-refractivity contribution in [3.63, 3.8) is 0 Å². The summed E-state index contributed by atoms with van der Waals surface area (Å²) in [5.41, 5.74) is 0.425. The summed E-state index contributed by atoms with van der Waals surface area (Å²) in [6, 6.07) is 19.9. The summed E-state index contributed by atoms with van der Waals surface area (Å²) in [4.78, 5) is 27.1. The third-order valence-electron chi connectivity index (χ3n) is 6.95. The molecule has 0 radical (unpaired) electrons. The Hall–Kier alpha value is -4.41. The number of hydrogen-bond donors (Lipinski definition) is 1. The van der Waals surface area contributed by atoms with Gasteiger partial charge >= 0.3 is 6.18 Å². The zero-order valence-corrected chi connectivity index (χ0v) is 21.6. The summed E-state index contributed by atoms with van der Waals surface area (Å²) in [5, 5.41) is 10.3. The number of halogens is 3. The Labute approximate surface area is 228 Å². The SMILES string of the molecule is O=C(NCCCC(=O)N1CCC(c2cc(-c3ccccc3)on2)CC1)c1cn(-c2ccccc2)nc1C(F)(F)F. The Balaban J connectivity index is 1.09. The molecule has 1 fully saturated rings. The van der Waals surface area contributed by atoms with Crippen molar-refractivity contribution in [1.82, 2.24) is 25.2 Å². The van der Waals surface area contributed by atoms with Crippen molar-refractivity contribution in [2.24, 2.45) is 0 Å². The second-order valence-corrected chi connectivity index (χ2v) is 9.67. The smallest absolute Gasteiger partial charge is 0.356 e. The third kappa shape index (κ3) is 6.24. The van der Waals surface area contributed by atoms with Gasteiger partial charge in [0.1, 0.15) is 0 Å². The molecule has 1 aliphatic heterocycles. The number of likely N-dealkylation sites (tertiary alicyclic amines) is 1. The molecule has 2 aromatic carbocycles. The molecule has 1 N–H and O–H groups in total. The molecule has 8 nitrogen and oxygen atoms in total. The number of para-hydroxylation sites is 1. The van der Waals surface area contributed by atoms with Crippen molar-refractivity contribution in [3.05, 3.63) is 89.9 Å². The van der Waals surface area contributed by atoms with Crippen LogP contribution in [0.2, 0.25) is 0 Å². The fourth-order valence-corrected chi connectivity index (χ4v) is 4.80. The minimum atomic E-state index is -4.79. The number of carbonyl (C=O) groups is 2. The summed E-state index contributed by atoms with van der Waals surface area (Å²) in [6.45, 7) is 1.23. The standard InChI is InChI=1S/C29H28F3N5O3/c30-29(31,32)27-23(19-37(34-27)22-10-5-2-6-11-22)28(39)33-15-7-12-26(38)36-16-13-20(14-17-36)24-18-25(40-35-24)21-8-3-1-4-9-21/h1-6,8-11,18-20H,7,12-17H2,(H,33,39). The molecule has 0 atom stereocenters.